The van der Waals surface area contributed by atoms with Crippen LogP contribution in [0.1, 0.15) is 37.4 Å². The zero-order valence-electron chi connectivity index (χ0n) is 21.7. The van der Waals surface area contributed by atoms with Crippen molar-refractivity contribution in [2.24, 2.45) is 0 Å². The molecule has 0 radical (unpaired) electrons. The first-order valence-corrected chi connectivity index (χ1v) is 11.9. The van der Waals surface area contributed by atoms with Crippen molar-refractivity contribution in [2.75, 3.05) is 58.0 Å². The lowest BCUT2D eigenvalue weighted by Crippen LogP contribution is -2.38. The minimum atomic E-state index is -0.204. The summed E-state index contributed by atoms with van der Waals surface area (Å²) in [6.07, 6.45) is 7.12. The van der Waals surface area contributed by atoms with E-state index >= 15 is 0 Å². The standard InChI is InChI=1S/C25H36N8O3/c1-6-13-27-24-20(17-28-25(30-24)29-22-16-19(2)31-36-22)11-8-7-9-14-26-21(34)18-33(5)23(35)12-10-15-32(3)4/h10,12,16-17H,6-7,9,13-15,18H2,1-5H3,(H,26,34)(H2,27,28,29,30)/b12-10+. The van der Waals surface area contributed by atoms with Crippen LogP contribution in [0.4, 0.5) is 17.7 Å². The van der Waals surface area contributed by atoms with Crippen LogP contribution >= 0.6 is 0 Å². The van der Waals surface area contributed by atoms with E-state index in [2.05, 4.69) is 49.8 Å². The molecule has 0 saturated carbocycles. The monoisotopic (exact) mass is 496 g/mol. The number of anilines is 3. The van der Waals surface area contributed by atoms with Gasteiger partial charge in [-0.25, -0.2) is 4.98 Å². The SMILES string of the molecule is CCCNc1nc(Nc2cc(C)no2)ncc1C#CCCCNC(=O)CN(C)C(=O)/C=C/CN(C)C. The highest BCUT2D eigenvalue weighted by Crippen LogP contribution is 2.17. The number of hydrogen-bond donors (Lipinski definition) is 3. The highest BCUT2D eigenvalue weighted by molar-refractivity contribution is 5.91. The molecule has 36 heavy (non-hydrogen) atoms. The topological polar surface area (TPSA) is 129 Å². The van der Waals surface area contributed by atoms with E-state index in [0.29, 0.717) is 49.1 Å². The second-order valence-corrected chi connectivity index (χ2v) is 8.45. The van der Waals surface area contributed by atoms with E-state index in [0.717, 1.165) is 18.7 Å². The van der Waals surface area contributed by atoms with Gasteiger partial charge < -0.3 is 25.0 Å². The van der Waals surface area contributed by atoms with Gasteiger partial charge in [0, 0.05) is 45.2 Å². The molecule has 2 aromatic heterocycles. The Kier molecular flexibility index (Phi) is 11.9. The number of rotatable bonds is 13. The van der Waals surface area contributed by atoms with Crippen molar-refractivity contribution in [2.45, 2.75) is 33.1 Å². The molecular formula is C25H36N8O3. The third-order valence-electron chi connectivity index (χ3n) is 4.71. The van der Waals surface area contributed by atoms with Crippen LogP contribution in [0.25, 0.3) is 0 Å². The first-order valence-electron chi connectivity index (χ1n) is 11.9. The Morgan fingerprint density at radius 3 is 2.72 bits per heavy atom. The lowest BCUT2D eigenvalue weighted by Gasteiger charge is -2.14. The van der Waals surface area contributed by atoms with Crippen molar-refractivity contribution in [3.05, 3.63) is 35.7 Å². The summed E-state index contributed by atoms with van der Waals surface area (Å²) in [5.41, 5.74) is 1.45. The number of likely N-dealkylation sites (N-methyl/N-ethyl adjacent to an activating group) is 2. The Morgan fingerprint density at radius 2 is 2.03 bits per heavy atom. The number of carbonyl (C=O) groups excluding carboxylic acids is 2. The summed E-state index contributed by atoms with van der Waals surface area (Å²) in [4.78, 5) is 36.2. The third-order valence-corrected chi connectivity index (χ3v) is 4.71. The number of aryl methyl sites for hydroxylation is 1. The molecule has 0 aliphatic carbocycles. The average molecular weight is 497 g/mol. The van der Waals surface area contributed by atoms with Crippen LogP contribution in [0.5, 0.6) is 0 Å². The van der Waals surface area contributed by atoms with E-state index in [4.69, 9.17) is 4.52 Å². The van der Waals surface area contributed by atoms with Gasteiger partial charge in [-0.05, 0) is 33.9 Å². The molecule has 11 nitrogen and oxygen atoms in total. The molecule has 2 aromatic rings. The van der Waals surface area contributed by atoms with Gasteiger partial charge in [0.15, 0.2) is 0 Å². The molecule has 194 valence electrons. The first kappa shape index (κ1) is 28.3. The van der Waals surface area contributed by atoms with E-state index in [1.165, 1.54) is 11.0 Å². The predicted molar refractivity (Wildman–Crippen MR) is 140 cm³/mol. The van der Waals surface area contributed by atoms with E-state index < -0.39 is 0 Å². The Balaban J connectivity index is 1.81. The molecule has 2 heterocycles. The number of nitrogens with one attached hydrogen (secondary N) is 3. The first-order chi connectivity index (χ1) is 17.3. The Bertz CT molecular complexity index is 1080. The zero-order valence-corrected chi connectivity index (χ0v) is 21.7. The van der Waals surface area contributed by atoms with Crippen molar-refractivity contribution >= 4 is 29.5 Å². The minimum absolute atomic E-state index is 0.00857. The fourth-order valence-corrected chi connectivity index (χ4v) is 2.85. The highest BCUT2D eigenvalue weighted by Gasteiger charge is 2.10. The normalized spacial score (nSPS) is 10.7. The largest absolute Gasteiger partial charge is 0.369 e. The lowest BCUT2D eigenvalue weighted by atomic mass is 10.2. The zero-order chi connectivity index (χ0) is 26.3. The molecule has 0 saturated heterocycles. The van der Waals surface area contributed by atoms with E-state index in [-0.39, 0.29) is 18.4 Å². The van der Waals surface area contributed by atoms with Crippen LogP contribution in [-0.4, -0.2) is 84.1 Å². The fraction of sp³-hybridized carbons (Fsp3) is 0.480. The van der Waals surface area contributed by atoms with Crippen LogP contribution in [0.3, 0.4) is 0 Å². The van der Waals surface area contributed by atoms with Gasteiger partial charge in [0.05, 0.1) is 24.0 Å². The van der Waals surface area contributed by atoms with Crippen molar-refractivity contribution in [1.29, 1.82) is 0 Å². The maximum atomic E-state index is 12.1. The maximum Gasteiger partial charge on any atom is 0.246 e. The molecule has 11 heteroatoms. The molecule has 3 N–H and O–H groups in total. The van der Waals surface area contributed by atoms with Gasteiger partial charge in [-0.2, -0.15) is 4.98 Å². The molecule has 0 aromatic carbocycles. The van der Waals surface area contributed by atoms with Gasteiger partial charge >= 0.3 is 0 Å². The molecular weight excluding hydrogens is 460 g/mol. The predicted octanol–water partition coefficient (Wildman–Crippen LogP) is 2.16. The third kappa shape index (κ3) is 10.6. The van der Waals surface area contributed by atoms with E-state index in [9.17, 15) is 9.59 Å². The second kappa shape index (κ2) is 15.2. The molecule has 0 aliphatic heterocycles. The van der Waals surface area contributed by atoms with Crippen molar-refractivity contribution in [3.8, 4) is 11.8 Å². The Labute approximate surface area is 212 Å². The molecule has 0 atom stereocenters. The summed E-state index contributed by atoms with van der Waals surface area (Å²) in [5, 5.41) is 12.9. The second-order valence-electron chi connectivity index (χ2n) is 8.45. The lowest BCUT2D eigenvalue weighted by molar-refractivity contribution is -0.131. The number of hydrogen-bond acceptors (Lipinski definition) is 9. The summed E-state index contributed by atoms with van der Waals surface area (Å²) < 4.78 is 5.15. The molecule has 0 aliphatic rings. The smallest absolute Gasteiger partial charge is 0.246 e. The fourth-order valence-electron chi connectivity index (χ4n) is 2.85. The molecule has 0 bridgehead atoms. The number of amides is 2. The van der Waals surface area contributed by atoms with Gasteiger partial charge in [-0.3, -0.25) is 14.9 Å². The van der Waals surface area contributed by atoms with Gasteiger partial charge in [0.25, 0.3) is 0 Å². The quantitative estimate of drug-likeness (QED) is 0.217. The van der Waals surface area contributed by atoms with Gasteiger partial charge in [0.1, 0.15) is 5.82 Å². The molecule has 0 spiro atoms. The summed E-state index contributed by atoms with van der Waals surface area (Å²) in [6, 6.07) is 1.76. The van der Waals surface area contributed by atoms with Crippen molar-refractivity contribution < 1.29 is 14.1 Å². The summed E-state index contributed by atoms with van der Waals surface area (Å²) >= 11 is 0. The summed E-state index contributed by atoms with van der Waals surface area (Å²) in [6.45, 7) is 5.80. The molecule has 0 unspecified atom stereocenters. The van der Waals surface area contributed by atoms with E-state index in [1.807, 2.05) is 25.9 Å². The van der Waals surface area contributed by atoms with Gasteiger partial charge in [-0.1, -0.05) is 30.0 Å². The summed E-state index contributed by atoms with van der Waals surface area (Å²) in [5.74, 6) is 7.29. The number of unbranched alkanes of at least 4 members (excludes halogenated alkanes) is 1. The van der Waals surface area contributed by atoms with Gasteiger partial charge in [-0.15, -0.1) is 0 Å². The molecule has 0 fully saturated rings. The van der Waals surface area contributed by atoms with Crippen LogP contribution in [0.2, 0.25) is 0 Å². The van der Waals surface area contributed by atoms with Gasteiger partial charge in [0.2, 0.25) is 23.6 Å². The number of nitrogens with zero attached hydrogens (tertiary/aromatic N) is 5. The highest BCUT2D eigenvalue weighted by atomic mass is 16.5. The number of carbonyl (C=O) groups is 2. The van der Waals surface area contributed by atoms with Crippen LogP contribution in [-0.2, 0) is 9.59 Å². The average Bonchev–Trinajstić information content (AvgIpc) is 3.24. The minimum Gasteiger partial charge on any atom is -0.369 e. The molecule has 2 amide bonds. The number of aromatic nitrogens is 3. The summed E-state index contributed by atoms with van der Waals surface area (Å²) in [7, 11) is 5.44. The Morgan fingerprint density at radius 1 is 1.22 bits per heavy atom. The van der Waals surface area contributed by atoms with E-state index in [1.54, 1.807) is 25.4 Å². The maximum absolute atomic E-state index is 12.1. The Hall–Kier alpha value is -3.91. The van der Waals surface area contributed by atoms with Crippen molar-refractivity contribution in [3.63, 3.8) is 0 Å². The van der Waals surface area contributed by atoms with Crippen LogP contribution < -0.4 is 16.0 Å². The van der Waals surface area contributed by atoms with Crippen molar-refractivity contribution in [1.82, 2.24) is 30.2 Å². The van der Waals surface area contributed by atoms with Crippen LogP contribution in [0, 0.1) is 18.8 Å². The molecule has 2 rings (SSSR count). The van der Waals surface area contributed by atoms with Crippen LogP contribution in [0.15, 0.2) is 28.9 Å².